The quantitative estimate of drug-likeness (QED) is 0.534. The van der Waals surface area contributed by atoms with Gasteiger partial charge in [0.05, 0.1) is 12.3 Å². The zero-order valence-corrected chi connectivity index (χ0v) is 14.2. The molecule has 0 spiro atoms. The number of hydrogen-bond donors (Lipinski definition) is 2. The molecular formula is C15H18N4O2S2. The van der Waals surface area contributed by atoms with Gasteiger partial charge in [-0.05, 0) is 25.0 Å². The van der Waals surface area contributed by atoms with Crippen LogP contribution in [-0.2, 0) is 4.79 Å². The Morgan fingerprint density at radius 1 is 1.30 bits per heavy atom. The van der Waals surface area contributed by atoms with Gasteiger partial charge in [0, 0.05) is 6.04 Å². The average molecular weight is 350 g/mol. The number of carbonyl (C=O) groups is 1. The Kier molecular flexibility index (Phi) is 5.71. The Balaban J connectivity index is 1.29. The SMILES string of the molecule is O=C(CSc1nnc(NC2CC2)s1)NCCOc1ccccc1. The zero-order valence-electron chi connectivity index (χ0n) is 12.5. The molecular weight excluding hydrogens is 332 g/mol. The van der Waals surface area contributed by atoms with E-state index in [9.17, 15) is 4.79 Å². The Hall–Kier alpha value is -1.80. The van der Waals surface area contributed by atoms with Crippen LogP contribution in [0.1, 0.15) is 12.8 Å². The molecule has 0 saturated heterocycles. The minimum Gasteiger partial charge on any atom is -0.492 e. The first-order valence-corrected chi connectivity index (χ1v) is 9.27. The smallest absolute Gasteiger partial charge is 0.230 e. The van der Waals surface area contributed by atoms with E-state index in [2.05, 4.69) is 20.8 Å². The number of thioether (sulfide) groups is 1. The van der Waals surface area contributed by atoms with E-state index in [1.54, 1.807) is 0 Å². The molecule has 1 saturated carbocycles. The molecule has 2 N–H and O–H groups in total. The number of ether oxygens (including phenoxy) is 1. The third-order valence-electron chi connectivity index (χ3n) is 3.07. The van der Waals surface area contributed by atoms with E-state index < -0.39 is 0 Å². The molecule has 0 bridgehead atoms. The second kappa shape index (κ2) is 8.16. The lowest BCUT2D eigenvalue weighted by atomic mass is 10.3. The fourth-order valence-electron chi connectivity index (χ4n) is 1.78. The summed E-state index contributed by atoms with van der Waals surface area (Å²) in [5.74, 6) is 1.11. The minimum atomic E-state index is -0.0291. The molecule has 1 aromatic heterocycles. The number of anilines is 1. The van der Waals surface area contributed by atoms with Crippen molar-refractivity contribution in [2.75, 3.05) is 24.2 Å². The number of nitrogens with one attached hydrogen (secondary N) is 2. The van der Waals surface area contributed by atoms with Crippen LogP contribution in [0.5, 0.6) is 5.75 Å². The highest BCUT2D eigenvalue weighted by Crippen LogP contribution is 2.29. The Labute approximate surface area is 143 Å². The predicted molar refractivity (Wildman–Crippen MR) is 92.2 cm³/mol. The molecule has 3 rings (SSSR count). The number of hydrogen-bond acceptors (Lipinski definition) is 7. The molecule has 0 radical (unpaired) electrons. The highest BCUT2D eigenvalue weighted by molar-refractivity contribution is 8.01. The molecule has 2 aromatic rings. The van der Waals surface area contributed by atoms with Gasteiger partial charge in [0.2, 0.25) is 11.0 Å². The summed E-state index contributed by atoms with van der Waals surface area (Å²) in [5.41, 5.74) is 0. The van der Waals surface area contributed by atoms with E-state index in [1.807, 2.05) is 30.3 Å². The Morgan fingerprint density at radius 2 is 2.13 bits per heavy atom. The number of aromatic nitrogens is 2. The van der Waals surface area contributed by atoms with Crippen LogP contribution in [0.4, 0.5) is 5.13 Å². The predicted octanol–water partition coefficient (Wildman–Crippen LogP) is 2.40. The van der Waals surface area contributed by atoms with Crippen molar-refractivity contribution in [1.82, 2.24) is 15.5 Å². The van der Waals surface area contributed by atoms with E-state index in [0.29, 0.717) is 24.9 Å². The highest BCUT2D eigenvalue weighted by Gasteiger charge is 2.22. The van der Waals surface area contributed by atoms with Crippen molar-refractivity contribution in [2.45, 2.75) is 23.2 Å². The van der Waals surface area contributed by atoms with E-state index in [4.69, 9.17) is 4.74 Å². The maximum atomic E-state index is 11.8. The van der Waals surface area contributed by atoms with Gasteiger partial charge in [0.15, 0.2) is 4.34 Å². The van der Waals surface area contributed by atoms with Gasteiger partial charge in [-0.1, -0.05) is 41.3 Å². The van der Waals surface area contributed by atoms with Crippen LogP contribution < -0.4 is 15.4 Å². The third-order valence-corrected chi connectivity index (χ3v) is 5.06. The molecule has 1 aliphatic carbocycles. The molecule has 0 atom stereocenters. The molecule has 23 heavy (non-hydrogen) atoms. The summed E-state index contributed by atoms with van der Waals surface area (Å²) in [7, 11) is 0. The fraction of sp³-hybridized carbons (Fsp3) is 0.400. The summed E-state index contributed by atoms with van der Waals surface area (Å²) in [6.45, 7) is 0.938. The molecule has 8 heteroatoms. The number of benzene rings is 1. The molecule has 6 nitrogen and oxygen atoms in total. The molecule has 0 aliphatic heterocycles. The van der Waals surface area contributed by atoms with Gasteiger partial charge in [0.25, 0.3) is 0 Å². The zero-order chi connectivity index (χ0) is 15.9. The summed E-state index contributed by atoms with van der Waals surface area (Å²) in [5, 5.41) is 15.1. The van der Waals surface area contributed by atoms with Gasteiger partial charge >= 0.3 is 0 Å². The van der Waals surface area contributed by atoms with Crippen molar-refractivity contribution < 1.29 is 9.53 Å². The summed E-state index contributed by atoms with van der Waals surface area (Å²) in [4.78, 5) is 11.8. The molecule has 1 aliphatic rings. The van der Waals surface area contributed by atoms with Crippen molar-refractivity contribution in [3.05, 3.63) is 30.3 Å². The van der Waals surface area contributed by atoms with Crippen LogP contribution in [0.25, 0.3) is 0 Å². The molecule has 122 valence electrons. The van der Waals surface area contributed by atoms with Gasteiger partial charge in [-0.15, -0.1) is 10.2 Å². The van der Waals surface area contributed by atoms with Crippen LogP contribution in [0.2, 0.25) is 0 Å². The second-order valence-corrected chi connectivity index (χ2v) is 7.29. The average Bonchev–Trinajstić information content (AvgIpc) is 3.27. The number of amides is 1. The molecule has 1 fully saturated rings. The van der Waals surface area contributed by atoms with Crippen LogP contribution in [0.15, 0.2) is 34.7 Å². The van der Waals surface area contributed by atoms with Gasteiger partial charge in [-0.2, -0.15) is 0 Å². The first-order chi connectivity index (χ1) is 11.3. The monoisotopic (exact) mass is 350 g/mol. The number of rotatable bonds is 9. The topological polar surface area (TPSA) is 76.1 Å². The van der Waals surface area contributed by atoms with Crippen molar-refractivity contribution >= 4 is 34.1 Å². The lowest BCUT2D eigenvalue weighted by Gasteiger charge is -2.07. The second-order valence-electron chi connectivity index (χ2n) is 5.09. The van der Waals surface area contributed by atoms with Crippen molar-refractivity contribution in [3.63, 3.8) is 0 Å². The Morgan fingerprint density at radius 3 is 2.91 bits per heavy atom. The summed E-state index contributed by atoms with van der Waals surface area (Å²) in [6, 6.07) is 10.1. The van der Waals surface area contributed by atoms with Crippen molar-refractivity contribution in [2.24, 2.45) is 0 Å². The molecule has 0 unspecified atom stereocenters. The van der Waals surface area contributed by atoms with Crippen LogP contribution in [-0.4, -0.2) is 41.1 Å². The van der Waals surface area contributed by atoms with Gasteiger partial charge in [-0.25, -0.2) is 0 Å². The molecule has 1 aromatic carbocycles. The number of carbonyl (C=O) groups excluding carboxylic acids is 1. The number of nitrogens with zero attached hydrogens (tertiary/aromatic N) is 2. The van der Waals surface area contributed by atoms with Crippen LogP contribution in [0, 0.1) is 0 Å². The van der Waals surface area contributed by atoms with Gasteiger partial charge in [0.1, 0.15) is 12.4 Å². The van der Waals surface area contributed by atoms with E-state index >= 15 is 0 Å². The van der Waals surface area contributed by atoms with E-state index in [0.717, 1.165) is 15.2 Å². The third kappa shape index (κ3) is 5.72. The first kappa shape index (κ1) is 16.1. The van der Waals surface area contributed by atoms with Crippen LogP contribution >= 0.6 is 23.1 Å². The lowest BCUT2D eigenvalue weighted by molar-refractivity contribution is -0.118. The summed E-state index contributed by atoms with van der Waals surface area (Å²) in [6.07, 6.45) is 2.41. The lowest BCUT2D eigenvalue weighted by Crippen LogP contribution is -2.29. The molecule has 1 heterocycles. The van der Waals surface area contributed by atoms with Gasteiger partial charge in [-0.3, -0.25) is 4.79 Å². The maximum absolute atomic E-state index is 11.8. The van der Waals surface area contributed by atoms with Crippen LogP contribution in [0.3, 0.4) is 0 Å². The van der Waals surface area contributed by atoms with E-state index in [1.165, 1.54) is 35.9 Å². The van der Waals surface area contributed by atoms with Gasteiger partial charge < -0.3 is 15.4 Å². The van der Waals surface area contributed by atoms with Crippen molar-refractivity contribution in [1.29, 1.82) is 0 Å². The first-order valence-electron chi connectivity index (χ1n) is 7.47. The highest BCUT2D eigenvalue weighted by atomic mass is 32.2. The maximum Gasteiger partial charge on any atom is 0.230 e. The van der Waals surface area contributed by atoms with Crippen molar-refractivity contribution in [3.8, 4) is 5.75 Å². The molecule has 1 amide bonds. The standard InChI is InChI=1S/C15H18N4O2S2/c20-13(16-8-9-21-12-4-2-1-3-5-12)10-22-15-19-18-14(23-15)17-11-6-7-11/h1-5,11H,6-10H2,(H,16,20)(H,17,18). The Bertz CT molecular complexity index is 631. The van der Waals surface area contributed by atoms with E-state index in [-0.39, 0.29) is 5.91 Å². The number of para-hydroxylation sites is 1. The summed E-state index contributed by atoms with van der Waals surface area (Å²) >= 11 is 2.90. The normalized spacial score (nSPS) is 13.6. The fourth-order valence-corrected chi connectivity index (χ4v) is 3.44. The largest absolute Gasteiger partial charge is 0.492 e. The minimum absolute atomic E-state index is 0.0291. The summed E-state index contributed by atoms with van der Waals surface area (Å²) < 4.78 is 6.32.